The van der Waals surface area contributed by atoms with Crippen molar-refractivity contribution in [1.82, 2.24) is 10.2 Å². The van der Waals surface area contributed by atoms with Crippen molar-refractivity contribution in [2.75, 3.05) is 49.5 Å². The van der Waals surface area contributed by atoms with E-state index in [-0.39, 0.29) is 5.91 Å². The second kappa shape index (κ2) is 10.2. The third-order valence-corrected chi connectivity index (χ3v) is 5.18. The maximum absolute atomic E-state index is 12.3. The van der Waals surface area contributed by atoms with E-state index in [1.165, 1.54) is 16.8 Å². The van der Waals surface area contributed by atoms with Crippen molar-refractivity contribution in [3.05, 3.63) is 59.7 Å². The van der Waals surface area contributed by atoms with Crippen molar-refractivity contribution in [2.24, 2.45) is 0 Å². The van der Waals surface area contributed by atoms with Gasteiger partial charge >= 0.3 is 0 Å². The van der Waals surface area contributed by atoms with E-state index in [4.69, 9.17) is 0 Å². The van der Waals surface area contributed by atoms with Gasteiger partial charge in [0.05, 0.1) is 0 Å². The van der Waals surface area contributed by atoms with Gasteiger partial charge in [0.15, 0.2) is 0 Å². The molecule has 0 aromatic heterocycles. The van der Waals surface area contributed by atoms with Crippen LogP contribution in [-0.4, -0.2) is 50.1 Å². The minimum absolute atomic E-state index is 0.0849. The fraction of sp³-hybridized carbons (Fsp3) is 0.435. The third-order valence-electron chi connectivity index (χ3n) is 5.18. The lowest BCUT2D eigenvalue weighted by Crippen LogP contribution is -2.47. The van der Waals surface area contributed by atoms with Crippen LogP contribution >= 0.6 is 0 Å². The van der Waals surface area contributed by atoms with Crippen molar-refractivity contribution in [3.8, 4) is 0 Å². The SMILES string of the molecule is CCNCc1cccc(NC(=O)CCN2CCN(c3cccc(C)c3)CC2)c1. The molecule has 3 rings (SSSR count). The molecule has 1 amide bonds. The first-order valence-corrected chi connectivity index (χ1v) is 10.3. The van der Waals surface area contributed by atoms with E-state index in [1.807, 2.05) is 18.2 Å². The zero-order valence-corrected chi connectivity index (χ0v) is 17.1. The van der Waals surface area contributed by atoms with Crippen LogP contribution in [0, 0.1) is 6.92 Å². The van der Waals surface area contributed by atoms with E-state index in [1.54, 1.807) is 0 Å². The van der Waals surface area contributed by atoms with Gasteiger partial charge < -0.3 is 15.5 Å². The van der Waals surface area contributed by atoms with Gasteiger partial charge in [0, 0.05) is 57.1 Å². The Morgan fingerprint density at radius 1 is 1.04 bits per heavy atom. The van der Waals surface area contributed by atoms with Gasteiger partial charge in [0.2, 0.25) is 5.91 Å². The van der Waals surface area contributed by atoms with Gasteiger partial charge in [-0.1, -0.05) is 31.2 Å². The van der Waals surface area contributed by atoms with Crippen LogP contribution in [0.1, 0.15) is 24.5 Å². The maximum Gasteiger partial charge on any atom is 0.225 e. The zero-order valence-electron chi connectivity index (χ0n) is 17.1. The van der Waals surface area contributed by atoms with Gasteiger partial charge in [-0.2, -0.15) is 0 Å². The highest BCUT2D eigenvalue weighted by atomic mass is 16.1. The van der Waals surface area contributed by atoms with E-state index in [9.17, 15) is 4.79 Å². The standard InChI is InChI=1S/C23H32N4O/c1-3-24-18-20-7-5-8-21(17-20)25-23(28)10-11-26-12-14-27(15-13-26)22-9-4-6-19(2)16-22/h4-9,16-17,24H,3,10-15,18H2,1-2H3,(H,25,28). The predicted molar refractivity (Wildman–Crippen MR) is 117 cm³/mol. The Balaban J connectivity index is 1.41. The lowest BCUT2D eigenvalue weighted by Gasteiger charge is -2.36. The summed E-state index contributed by atoms with van der Waals surface area (Å²) >= 11 is 0. The van der Waals surface area contributed by atoms with Crippen molar-refractivity contribution in [1.29, 1.82) is 0 Å². The minimum atomic E-state index is 0.0849. The summed E-state index contributed by atoms with van der Waals surface area (Å²) in [4.78, 5) is 17.2. The second-order valence-electron chi connectivity index (χ2n) is 7.45. The topological polar surface area (TPSA) is 47.6 Å². The van der Waals surface area contributed by atoms with Crippen LogP contribution in [0.3, 0.4) is 0 Å². The van der Waals surface area contributed by atoms with E-state index in [0.29, 0.717) is 6.42 Å². The van der Waals surface area contributed by atoms with Crippen LogP contribution in [0.25, 0.3) is 0 Å². The molecular weight excluding hydrogens is 348 g/mol. The largest absolute Gasteiger partial charge is 0.369 e. The number of amides is 1. The summed E-state index contributed by atoms with van der Waals surface area (Å²) in [7, 11) is 0. The molecule has 1 aliphatic rings. The monoisotopic (exact) mass is 380 g/mol. The Hall–Kier alpha value is -2.37. The molecule has 28 heavy (non-hydrogen) atoms. The number of piperazine rings is 1. The number of carbonyl (C=O) groups excluding carboxylic acids is 1. The van der Waals surface area contributed by atoms with Crippen LogP contribution in [0.15, 0.2) is 48.5 Å². The highest BCUT2D eigenvalue weighted by Gasteiger charge is 2.18. The number of benzene rings is 2. The molecule has 0 atom stereocenters. The first-order chi connectivity index (χ1) is 13.6. The van der Waals surface area contributed by atoms with Gasteiger partial charge in [-0.3, -0.25) is 9.69 Å². The van der Waals surface area contributed by atoms with Crippen molar-refractivity contribution in [3.63, 3.8) is 0 Å². The number of nitrogens with zero attached hydrogens (tertiary/aromatic N) is 2. The number of anilines is 2. The molecule has 2 aromatic carbocycles. The Labute approximate surface area is 168 Å². The van der Waals surface area contributed by atoms with Crippen molar-refractivity contribution >= 4 is 17.3 Å². The number of nitrogens with one attached hydrogen (secondary N) is 2. The molecule has 0 aliphatic carbocycles. The molecule has 1 heterocycles. The summed E-state index contributed by atoms with van der Waals surface area (Å²) in [6, 6.07) is 16.7. The summed E-state index contributed by atoms with van der Waals surface area (Å²) in [6.45, 7) is 10.8. The van der Waals surface area contributed by atoms with Gasteiger partial charge in [0.1, 0.15) is 0 Å². The Bertz CT molecular complexity index is 769. The van der Waals surface area contributed by atoms with Crippen molar-refractivity contribution in [2.45, 2.75) is 26.8 Å². The van der Waals surface area contributed by atoms with Gasteiger partial charge in [0.25, 0.3) is 0 Å². The highest BCUT2D eigenvalue weighted by Crippen LogP contribution is 2.18. The Kier molecular flexibility index (Phi) is 7.46. The minimum Gasteiger partial charge on any atom is -0.369 e. The van der Waals surface area contributed by atoms with Gasteiger partial charge in [-0.15, -0.1) is 0 Å². The quantitative estimate of drug-likeness (QED) is 0.738. The number of rotatable bonds is 8. The number of aryl methyl sites for hydroxylation is 1. The van der Waals surface area contributed by atoms with Crippen LogP contribution < -0.4 is 15.5 Å². The number of carbonyl (C=O) groups is 1. The summed E-state index contributed by atoms with van der Waals surface area (Å²) < 4.78 is 0. The normalized spacial score (nSPS) is 14.9. The summed E-state index contributed by atoms with van der Waals surface area (Å²) in [6.07, 6.45) is 0.530. The lowest BCUT2D eigenvalue weighted by atomic mass is 10.2. The highest BCUT2D eigenvalue weighted by molar-refractivity contribution is 5.90. The van der Waals surface area contributed by atoms with E-state index in [0.717, 1.165) is 51.5 Å². The maximum atomic E-state index is 12.3. The molecule has 1 fully saturated rings. The first kappa shape index (κ1) is 20.4. The number of hydrogen-bond donors (Lipinski definition) is 2. The molecule has 5 nitrogen and oxygen atoms in total. The van der Waals surface area contributed by atoms with Crippen molar-refractivity contribution < 1.29 is 4.79 Å². The molecule has 2 N–H and O–H groups in total. The average Bonchev–Trinajstić information content (AvgIpc) is 2.71. The predicted octanol–water partition coefficient (Wildman–Crippen LogP) is 3.26. The molecule has 0 unspecified atom stereocenters. The zero-order chi connectivity index (χ0) is 19.8. The molecule has 2 aromatic rings. The molecule has 1 aliphatic heterocycles. The molecule has 150 valence electrons. The second-order valence-corrected chi connectivity index (χ2v) is 7.45. The first-order valence-electron chi connectivity index (χ1n) is 10.3. The molecule has 0 bridgehead atoms. The molecular formula is C23H32N4O. The molecule has 5 heteroatoms. The fourth-order valence-electron chi connectivity index (χ4n) is 3.57. The Morgan fingerprint density at radius 2 is 1.82 bits per heavy atom. The lowest BCUT2D eigenvalue weighted by molar-refractivity contribution is -0.116. The molecule has 0 radical (unpaired) electrons. The van der Waals surface area contributed by atoms with Gasteiger partial charge in [-0.25, -0.2) is 0 Å². The summed E-state index contributed by atoms with van der Waals surface area (Å²) in [5.41, 5.74) is 4.66. The molecule has 0 saturated carbocycles. The third kappa shape index (κ3) is 6.08. The molecule has 1 saturated heterocycles. The van der Waals surface area contributed by atoms with Gasteiger partial charge in [-0.05, 0) is 48.9 Å². The van der Waals surface area contributed by atoms with E-state index >= 15 is 0 Å². The van der Waals surface area contributed by atoms with E-state index < -0.39 is 0 Å². The fourth-order valence-corrected chi connectivity index (χ4v) is 3.57. The van der Waals surface area contributed by atoms with Crippen LogP contribution in [0.2, 0.25) is 0 Å². The number of hydrogen-bond acceptors (Lipinski definition) is 4. The van der Waals surface area contributed by atoms with E-state index in [2.05, 4.69) is 64.6 Å². The summed E-state index contributed by atoms with van der Waals surface area (Å²) in [5.74, 6) is 0.0849. The van der Waals surface area contributed by atoms with Crippen LogP contribution in [0.4, 0.5) is 11.4 Å². The van der Waals surface area contributed by atoms with Crippen LogP contribution in [0.5, 0.6) is 0 Å². The summed E-state index contributed by atoms with van der Waals surface area (Å²) in [5, 5.41) is 6.34. The molecule has 0 spiro atoms. The van der Waals surface area contributed by atoms with Crippen LogP contribution in [-0.2, 0) is 11.3 Å². The smallest absolute Gasteiger partial charge is 0.225 e. The average molecular weight is 381 g/mol. The Morgan fingerprint density at radius 3 is 2.57 bits per heavy atom.